The van der Waals surface area contributed by atoms with Gasteiger partial charge in [-0.25, -0.2) is 14.8 Å². The van der Waals surface area contributed by atoms with Gasteiger partial charge in [0, 0.05) is 45.1 Å². The smallest absolute Gasteiger partial charge is 0.317 e. The number of carbonyl (C=O) groups excluding carboxylic acids is 1. The summed E-state index contributed by atoms with van der Waals surface area (Å²) in [6.45, 7) is 7.57. The van der Waals surface area contributed by atoms with E-state index in [9.17, 15) is 4.79 Å². The molecule has 1 aromatic carbocycles. The predicted octanol–water partition coefficient (Wildman–Crippen LogP) is 2.13. The van der Waals surface area contributed by atoms with Gasteiger partial charge in [0.1, 0.15) is 0 Å². The van der Waals surface area contributed by atoms with E-state index in [1.165, 1.54) is 11.1 Å². The number of anilines is 1. The van der Waals surface area contributed by atoms with E-state index >= 15 is 0 Å². The highest BCUT2D eigenvalue weighted by Crippen LogP contribution is 2.12. The Balaban J connectivity index is 1.50. The Morgan fingerprint density at radius 1 is 1.12 bits per heavy atom. The molecule has 3 rings (SSSR count). The average Bonchev–Trinajstić information content (AvgIpc) is 2.62. The molecule has 0 unspecified atom stereocenters. The summed E-state index contributed by atoms with van der Waals surface area (Å²) in [4.78, 5) is 24.8. The molecule has 2 aromatic rings. The van der Waals surface area contributed by atoms with E-state index in [0.29, 0.717) is 19.6 Å². The van der Waals surface area contributed by atoms with Gasteiger partial charge in [0.25, 0.3) is 0 Å². The van der Waals surface area contributed by atoms with Gasteiger partial charge in [0.05, 0.1) is 0 Å². The lowest BCUT2D eigenvalue weighted by Gasteiger charge is -2.34. The van der Waals surface area contributed by atoms with Crippen LogP contribution in [0.4, 0.5) is 10.7 Å². The third-order valence-electron chi connectivity index (χ3n) is 4.33. The Kier molecular flexibility index (Phi) is 4.93. The summed E-state index contributed by atoms with van der Waals surface area (Å²) in [5.74, 6) is 0.729. The van der Waals surface area contributed by atoms with Crippen LogP contribution in [0.15, 0.2) is 36.7 Å². The number of aromatic nitrogens is 2. The summed E-state index contributed by atoms with van der Waals surface area (Å²) in [6, 6.07) is 8.09. The zero-order valence-corrected chi connectivity index (χ0v) is 14.2. The molecule has 6 nitrogen and oxygen atoms in total. The number of nitrogens with zero attached hydrogens (tertiary/aromatic N) is 4. The molecule has 1 fully saturated rings. The fourth-order valence-corrected chi connectivity index (χ4v) is 2.89. The lowest BCUT2D eigenvalue weighted by atomic mass is 10.1. The van der Waals surface area contributed by atoms with Gasteiger partial charge in [-0.05, 0) is 31.0 Å². The number of aryl methyl sites for hydroxylation is 2. The molecule has 2 amide bonds. The predicted molar refractivity (Wildman–Crippen MR) is 94.0 cm³/mol. The second-order valence-corrected chi connectivity index (χ2v) is 6.11. The monoisotopic (exact) mass is 325 g/mol. The number of hydrogen-bond donors (Lipinski definition) is 1. The normalized spacial score (nSPS) is 14.6. The number of amides is 2. The summed E-state index contributed by atoms with van der Waals surface area (Å²) in [7, 11) is 0. The molecule has 24 heavy (non-hydrogen) atoms. The molecular formula is C18H23N5O. The van der Waals surface area contributed by atoms with Crippen LogP contribution in [0.5, 0.6) is 0 Å². The summed E-state index contributed by atoms with van der Waals surface area (Å²) in [5.41, 5.74) is 3.61. The summed E-state index contributed by atoms with van der Waals surface area (Å²) >= 11 is 0. The maximum Gasteiger partial charge on any atom is 0.317 e. The van der Waals surface area contributed by atoms with E-state index in [1.807, 2.05) is 4.90 Å². The topological polar surface area (TPSA) is 61.4 Å². The van der Waals surface area contributed by atoms with Crippen LogP contribution in [0.2, 0.25) is 0 Å². The Morgan fingerprint density at radius 3 is 2.50 bits per heavy atom. The number of piperazine rings is 1. The molecule has 0 radical (unpaired) electrons. The van der Waals surface area contributed by atoms with Crippen molar-refractivity contribution in [1.82, 2.24) is 20.2 Å². The summed E-state index contributed by atoms with van der Waals surface area (Å²) < 4.78 is 0. The fraction of sp³-hybridized carbons (Fsp3) is 0.389. The Hall–Kier alpha value is -2.63. The number of benzene rings is 1. The van der Waals surface area contributed by atoms with Gasteiger partial charge in [-0.15, -0.1) is 0 Å². The van der Waals surface area contributed by atoms with Crippen LogP contribution < -0.4 is 10.2 Å². The quantitative estimate of drug-likeness (QED) is 0.939. The van der Waals surface area contributed by atoms with E-state index in [0.717, 1.165) is 24.6 Å². The third kappa shape index (κ3) is 3.82. The molecule has 1 saturated heterocycles. The van der Waals surface area contributed by atoms with Crippen LogP contribution in [0.25, 0.3) is 0 Å². The van der Waals surface area contributed by atoms with Crippen molar-refractivity contribution in [3.63, 3.8) is 0 Å². The highest BCUT2D eigenvalue weighted by molar-refractivity contribution is 5.74. The molecule has 1 aliphatic rings. The molecule has 1 aromatic heterocycles. The number of carbonyl (C=O) groups is 1. The molecule has 0 saturated carbocycles. The summed E-state index contributed by atoms with van der Waals surface area (Å²) in [5, 5.41) is 3.02. The van der Waals surface area contributed by atoms with Gasteiger partial charge in [-0.1, -0.05) is 23.8 Å². The number of nitrogens with one attached hydrogen (secondary N) is 1. The molecule has 1 aliphatic heterocycles. The van der Waals surface area contributed by atoms with Crippen LogP contribution in [0.1, 0.15) is 16.7 Å². The highest BCUT2D eigenvalue weighted by atomic mass is 16.2. The van der Waals surface area contributed by atoms with Crippen molar-refractivity contribution in [3.8, 4) is 0 Å². The Morgan fingerprint density at radius 2 is 1.83 bits per heavy atom. The van der Waals surface area contributed by atoms with Gasteiger partial charge < -0.3 is 15.1 Å². The minimum Gasteiger partial charge on any atom is -0.337 e. The van der Waals surface area contributed by atoms with Crippen molar-refractivity contribution in [2.75, 3.05) is 31.1 Å². The third-order valence-corrected chi connectivity index (χ3v) is 4.33. The molecule has 0 aliphatic carbocycles. The lowest BCUT2D eigenvalue weighted by Crippen LogP contribution is -2.52. The van der Waals surface area contributed by atoms with E-state index < -0.39 is 0 Å². The van der Waals surface area contributed by atoms with Gasteiger partial charge >= 0.3 is 6.03 Å². The van der Waals surface area contributed by atoms with Crippen molar-refractivity contribution in [1.29, 1.82) is 0 Å². The maximum absolute atomic E-state index is 12.4. The minimum atomic E-state index is -0.0106. The first kappa shape index (κ1) is 16.2. The van der Waals surface area contributed by atoms with Crippen molar-refractivity contribution < 1.29 is 4.79 Å². The van der Waals surface area contributed by atoms with Gasteiger partial charge in [-0.2, -0.15) is 0 Å². The fourth-order valence-electron chi connectivity index (χ4n) is 2.89. The van der Waals surface area contributed by atoms with Crippen molar-refractivity contribution >= 4 is 12.0 Å². The van der Waals surface area contributed by atoms with Crippen LogP contribution in [0.3, 0.4) is 0 Å². The average molecular weight is 325 g/mol. The molecular weight excluding hydrogens is 302 g/mol. The standard InChI is InChI=1S/C18H23N5O/c1-14-4-5-16(15(2)12-14)13-21-18(24)23-10-8-22(9-11-23)17-19-6-3-7-20-17/h3-7,12H,8-11,13H2,1-2H3,(H,21,24). The summed E-state index contributed by atoms with van der Waals surface area (Å²) in [6.07, 6.45) is 3.48. The first-order valence-corrected chi connectivity index (χ1v) is 8.24. The second-order valence-electron chi connectivity index (χ2n) is 6.11. The van der Waals surface area contributed by atoms with E-state index in [4.69, 9.17) is 0 Å². The van der Waals surface area contributed by atoms with Gasteiger partial charge in [0.2, 0.25) is 5.95 Å². The van der Waals surface area contributed by atoms with Crippen molar-refractivity contribution in [2.24, 2.45) is 0 Å². The number of urea groups is 1. The van der Waals surface area contributed by atoms with Crippen molar-refractivity contribution in [3.05, 3.63) is 53.3 Å². The van der Waals surface area contributed by atoms with E-state index in [1.54, 1.807) is 18.5 Å². The highest BCUT2D eigenvalue weighted by Gasteiger charge is 2.22. The first-order chi connectivity index (χ1) is 11.6. The maximum atomic E-state index is 12.4. The Labute approximate surface area is 142 Å². The van der Waals surface area contributed by atoms with Crippen LogP contribution in [0, 0.1) is 13.8 Å². The number of hydrogen-bond acceptors (Lipinski definition) is 4. The van der Waals surface area contributed by atoms with E-state index in [-0.39, 0.29) is 6.03 Å². The van der Waals surface area contributed by atoms with Crippen LogP contribution >= 0.6 is 0 Å². The van der Waals surface area contributed by atoms with Crippen LogP contribution in [-0.4, -0.2) is 47.1 Å². The molecule has 126 valence electrons. The van der Waals surface area contributed by atoms with E-state index in [2.05, 4.69) is 52.2 Å². The number of rotatable bonds is 3. The zero-order valence-electron chi connectivity index (χ0n) is 14.2. The van der Waals surface area contributed by atoms with Crippen molar-refractivity contribution in [2.45, 2.75) is 20.4 Å². The SMILES string of the molecule is Cc1ccc(CNC(=O)N2CCN(c3ncccn3)CC2)c(C)c1. The van der Waals surface area contributed by atoms with Crippen LogP contribution in [-0.2, 0) is 6.54 Å². The second kappa shape index (κ2) is 7.29. The Bertz CT molecular complexity index is 696. The molecule has 6 heteroatoms. The molecule has 0 bridgehead atoms. The zero-order chi connectivity index (χ0) is 16.9. The van der Waals surface area contributed by atoms with Gasteiger partial charge in [0.15, 0.2) is 0 Å². The molecule has 2 heterocycles. The van der Waals surface area contributed by atoms with Gasteiger partial charge in [-0.3, -0.25) is 0 Å². The first-order valence-electron chi connectivity index (χ1n) is 8.24. The minimum absolute atomic E-state index is 0.0106. The lowest BCUT2D eigenvalue weighted by molar-refractivity contribution is 0.193. The molecule has 0 atom stereocenters. The largest absolute Gasteiger partial charge is 0.337 e. The molecule has 0 spiro atoms. The molecule has 1 N–H and O–H groups in total.